The van der Waals surface area contributed by atoms with Gasteiger partial charge in [-0.1, -0.05) is 36.4 Å². The lowest BCUT2D eigenvalue weighted by Crippen LogP contribution is -2.01. The van der Waals surface area contributed by atoms with E-state index in [4.69, 9.17) is 9.47 Å². The molecule has 0 atom stereocenters. The van der Waals surface area contributed by atoms with Crippen LogP contribution in [0.2, 0.25) is 0 Å². The Hall–Kier alpha value is -2.77. The van der Waals surface area contributed by atoms with Gasteiger partial charge in [-0.05, 0) is 23.8 Å². The molecule has 0 spiro atoms. The number of nitrogens with zero attached hydrogens (tertiary/aromatic N) is 2. The van der Waals surface area contributed by atoms with Gasteiger partial charge in [-0.3, -0.25) is 0 Å². The van der Waals surface area contributed by atoms with E-state index in [1.54, 1.807) is 7.11 Å². The van der Waals surface area contributed by atoms with Crippen LogP contribution in [0, 0.1) is 11.3 Å². The predicted molar refractivity (Wildman–Crippen MR) is 84.4 cm³/mol. The van der Waals surface area contributed by atoms with Crippen molar-refractivity contribution >= 4 is 10.9 Å². The highest BCUT2D eigenvalue weighted by Crippen LogP contribution is 2.29. The van der Waals surface area contributed by atoms with E-state index in [0.29, 0.717) is 19.0 Å². The van der Waals surface area contributed by atoms with Gasteiger partial charge in [-0.25, -0.2) is 0 Å². The number of rotatable bonds is 5. The van der Waals surface area contributed by atoms with Crippen molar-refractivity contribution in [2.45, 2.75) is 13.3 Å². The van der Waals surface area contributed by atoms with Crippen molar-refractivity contribution in [3.8, 4) is 11.8 Å². The number of aromatic nitrogens is 1. The fraction of sp³-hybridized carbons (Fsp3) is 0.167. The highest BCUT2D eigenvalue weighted by Gasteiger charge is 2.12. The normalized spacial score (nSPS) is 10.5. The molecule has 0 saturated carbocycles. The summed E-state index contributed by atoms with van der Waals surface area (Å²) in [5.41, 5.74) is 2.60. The van der Waals surface area contributed by atoms with E-state index < -0.39 is 0 Å². The lowest BCUT2D eigenvalue weighted by atomic mass is 10.2. The molecule has 0 bridgehead atoms. The molecule has 1 aromatic heterocycles. The first kappa shape index (κ1) is 14.2. The quantitative estimate of drug-likeness (QED) is 0.720. The zero-order valence-electron chi connectivity index (χ0n) is 12.3. The minimum Gasteiger partial charge on any atom is -0.488 e. The van der Waals surface area contributed by atoms with Crippen LogP contribution in [0.25, 0.3) is 10.9 Å². The Kier molecular flexibility index (Phi) is 4.08. The topological polar surface area (TPSA) is 47.2 Å². The zero-order valence-corrected chi connectivity index (χ0v) is 12.3. The number of ether oxygens (including phenoxy) is 2. The minimum atomic E-state index is 0.342. The van der Waals surface area contributed by atoms with E-state index in [2.05, 4.69) is 6.07 Å². The maximum absolute atomic E-state index is 9.28. The third-order valence-electron chi connectivity index (χ3n) is 3.52. The molecule has 0 radical (unpaired) electrons. The standard InChI is InChI=1S/C18H16N2O2/c1-21-13-20-15(11-19)10-16-17(20)8-5-9-18(16)22-12-14-6-3-2-4-7-14/h2-10H,12-13H2,1H3. The van der Waals surface area contributed by atoms with Crippen LogP contribution in [0.4, 0.5) is 0 Å². The smallest absolute Gasteiger partial charge is 0.129 e. The van der Waals surface area contributed by atoms with Crippen molar-refractivity contribution in [1.29, 1.82) is 5.26 Å². The molecule has 0 unspecified atom stereocenters. The van der Waals surface area contributed by atoms with Gasteiger partial charge in [0.05, 0.1) is 5.52 Å². The Morgan fingerprint density at radius 3 is 2.64 bits per heavy atom. The summed E-state index contributed by atoms with van der Waals surface area (Å²) in [6.07, 6.45) is 0. The van der Waals surface area contributed by atoms with Crippen LogP contribution in [0.15, 0.2) is 54.6 Å². The van der Waals surface area contributed by atoms with E-state index in [1.807, 2.05) is 59.2 Å². The third kappa shape index (κ3) is 2.67. The molecule has 0 N–H and O–H groups in total. The second-order valence-electron chi connectivity index (χ2n) is 4.95. The average Bonchev–Trinajstić information content (AvgIpc) is 2.93. The first-order chi connectivity index (χ1) is 10.8. The molecule has 22 heavy (non-hydrogen) atoms. The SMILES string of the molecule is COCn1c(C#N)cc2c(OCc3ccccc3)cccc21. The Labute approximate surface area is 129 Å². The Morgan fingerprint density at radius 2 is 1.91 bits per heavy atom. The van der Waals surface area contributed by atoms with E-state index in [-0.39, 0.29) is 0 Å². The fourth-order valence-electron chi connectivity index (χ4n) is 2.48. The van der Waals surface area contributed by atoms with Gasteiger partial charge in [-0.15, -0.1) is 0 Å². The van der Waals surface area contributed by atoms with Crippen molar-refractivity contribution in [3.63, 3.8) is 0 Å². The fourth-order valence-corrected chi connectivity index (χ4v) is 2.48. The predicted octanol–water partition coefficient (Wildman–Crippen LogP) is 3.70. The van der Waals surface area contributed by atoms with Crippen LogP contribution in [-0.4, -0.2) is 11.7 Å². The summed E-state index contributed by atoms with van der Waals surface area (Å²) in [4.78, 5) is 0. The molecule has 4 heteroatoms. The Morgan fingerprint density at radius 1 is 1.09 bits per heavy atom. The number of fused-ring (bicyclic) bond motifs is 1. The van der Waals surface area contributed by atoms with Crippen molar-refractivity contribution in [2.24, 2.45) is 0 Å². The monoisotopic (exact) mass is 292 g/mol. The summed E-state index contributed by atoms with van der Waals surface area (Å²) in [6.45, 7) is 0.839. The highest BCUT2D eigenvalue weighted by molar-refractivity contribution is 5.88. The third-order valence-corrected chi connectivity index (χ3v) is 3.52. The molecular weight excluding hydrogens is 276 g/mol. The summed E-state index contributed by atoms with van der Waals surface area (Å²) in [6, 6.07) is 19.9. The summed E-state index contributed by atoms with van der Waals surface area (Å²) in [5.74, 6) is 0.771. The van der Waals surface area contributed by atoms with Crippen LogP contribution in [0.5, 0.6) is 5.75 Å². The minimum absolute atomic E-state index is 0.342. The Bertz CT molecular complexity index is 816. The number of nitriles is 1. The van der Waals surface area contributed by atoms with E-state index in [9.17, 15) is 5.26 Å². The van der Waals surface area contributed by atoms with Gasteiger partial charge < -0.3 is 14.0 Å². The zero-order chi connectivity index (χ0) is 15.4. The molecule has 0 amide bonds. The van der Waals surface area contributed by atoms with Crippen LogP contribution in [0.1, 0.15) is 11.3 Å². The van der Waals surface area contributed by atoms with Gasteiger partial charge in [0.15, 0.2) is 0 Å². The number of benzene rings is 2. The van der Waals surface area contributed by atoms with Gasteiger partial charge in [-0.2, -0.15) is 5.26 Å². The molecule has 0 fully saturated rings. The first-order valence-corrected chi connectivity index (χ1v) is 7.01. The maximum atomic E-state index is 9.28. The largest absolute Gasteiger partial charge is 0.488 e. The molecule has 1 heterocycles. The molecule has 0 aliphatic rings. The van der Waals surface area contributed by atoms with Gasteiger partial charge in [0.1, 0.15) is 30.9 Å². The maximum Gasteiger partial charge on any atom is 0.129 e. The first-order valence-electron chi connectivity index (χ1n) is 7.01. The van der Waals surface area contributed by atoms with E-state index >= 15 is 0 Å². The number of hydrogen-bond acceptors (Lipinski definition) is 3. The van der Waals surface area contributed by atoms with Gasteiger partial charge in [0.25, 0.3) is 0 Å². The lowest BCUT2D eigenvalue weighted by Gasteiger charge is -2.09. The van der Waals surface area contributed by atoms with Gasteiger partial charge in [0, 0.05) is 12.5 Å². The van der Waals surface area contributed by atoms with Crippen molar-refractivity contribution in [2.75, 3.05) is 7.11 Å². The summed E-state index contributed by atoms with van der Waals surface area (Å²) < 4.78 is 12.9. The summed E-state index contributed by atoms with van der Waals surface area (Å²) in [7, 11) is 1.61. The van der Waals surface area contributed by atoms with E-state index in [0.717, 1.165) is 22.2 Å². The van der Waals surface area contributed by atoms with Crippen LogP contribution in [0.3, 0.4) is 0 Å². The van der Waals surface area contributed by atoms with Crippen LogP contribution >= 0.6 is 0 Å². The van der Waals surface area contributed by atoms with Gasteiger partial charge in [0.2, 0.25) is 0 Å². The molecule has 0 aliphatic heterocycles. The van der Waals surface area contributed by atoms with Crippen molar-refractivity contribution in [1.82, 2.24) is 4.57 Å². The highest BCUT2D eigenvalue weighted by atomic mass is 16.5. The summed E-state index contributed by atoms with van der Waals surface area (Å²) >= 11 is 0. The number of methoxy groups -OCH3 is 1. The second kappa shape index (κ2) is 6.33. The molecule has 3 aromatic rings. The van der Waals surface area contributed by atoms with Crippen LogP contribution in [-0.2, 0) is 18.1 Å². The average molecular weight is 292 g/mol. The van der Waals surface area contributed by atoms with E-state index in [1.165, 1.54) is 0 Å². The molecule has 3 rings (SSSR count). The van der Waals surface area contributed by atoms with Crippen LogP contribution < -0.4 is 4.74 Å². The lowest BCUT2D eigenvalue weighted by molar-refractivity contribution is 0.134. The number of hydrogen-bond donors (Lipinski definition) is 0. The van der Waals surface area contributed by atoms with Gasteiger partial charge >= 0.3 is 0 Å². The molecular formula is C18H16N2O2. The molecule has 110 valence electrons. The molecule has 4 nitrogen and oxygen atoms in total. The molecule has 0 aliphatic carbocycles. The Balaban J connectivity index is 1.95. The van der Waals surface area contributed by atoms with Crippen molar-refractivity contribution < 1.29 is 9.47 Å². The molecule has 0 saturated heterocycles. The summed E-state index contributed by atoms with van der Waals surface area (Å²) in [5, 5.41) is 10.2. The molecule has 2 aromatic carbocycles. The van der Waals surface area contributed by atoms with Crippen molar-refractivity contribution in [3.05, 3.63) is 65.9 Å². The second-order valence-corrected chi connectivity index (χ2v) is 4.95.